The van der Waals surface area contributed by atoms with E-state index in [0.717, 1.165) is 11.5 Å². The summed E-state index contributed by atoms with van der Waals surface area (Å²) in [4.78, 5) is 0.243. The molecule has 6 heteroatoms. The summed E-state index contributed by atoms with van der Waals surface area (Å²) in [6.45, 7) is 5.48. The summed E-state index contributed by atoms with van der Waals surface area (Å²) in [5, 5.41) is 9.10. The lowest BCUT2D eigenvalue weighted by Crippen LogP contribution is -2.34. The van der Waals surface area contributed by atoms with Crippen LogP contribution in [0.5, 0.6) is 0 Å². The molecule has 2 N–H and O–H groups in total. The Hall–Kier alpha value is -0.560. The fourth-order valence-corrected chi connectivity index (χ4v) is 4.01. The van der Waals surface area contributed by atoms with Crippen LogP contribution in [0.1, 0.15) is 25.0 Å². The molecule has 0 spiro atoms. The van der Waals surface area contributed by atoms with Crippen molar-refractivity contribution in [3.63, 3.8) is 0 Å². The molecule has 1 rings (SSSR count). The number of aliphatic hydroxyl groups excluding tert-OH is 1. The maximum Gasteiger partial charge on any atom is 0.241 e. The van der Waals surface area contributed by atoms with Crippen molar-refractivity contribution in [2.75, 3.05) is 11.5 Å². The number of thioether (sulfide) groups is 1. The molecule has 0 saturated heterocycles. The van der Waals surface area contributed by atoms with Gasteiger partial charge in [-0.3, -0.25) is 0 Å². The SMILES string of the molecule is CCSCC(C)NS(=O)(=O)c1cc(CO)ccc1C. The van der Waals surface area contributed by atoms with Crippen LogP contribution in [0.25, 0.3) is 0 Å². The zero-order chi connectivity index (χ0) is 14.5. The van der Waals surface area contributed by atoms with Crippen LogP contribution in [-0.2, 0) is 16.6 Å². The van der Waals surface area contributed by atoms with Gasteiger partial charge in [0.15, 0.2) is 0 Å². The molecule has 0 aliphatic carbocycles. The van der Waals surface area contributed by atoms with Gasteiger partial charge in [-0.1, -0.05) is 19.1 Å². The highest BCUT2D eigenvalue weighted by molar-refractivity contribution is 7.99. The molecule has 1 atom stereocenters. The highest BCUT2D eigenvalue weighted by Crippen LogP contribution is 2.18. The van der Waals surface area contributed by atoms with Crippen molar-refractivity contribution >= 4 is 21.8 Å². The second kappa shape index (κ2) is 7.28. The van der Waals surface area contributed by atoms with E-state index in [1.807, 2.05) is 13.8 Å². The molecule has 0 aromatic heterocycles. The second-order valence-corrected chi connectivity index (χ2v) is 7.44. The van der Waals surface area contributed by atoms with E-state index in [0.29, 0.717) is 11.1 Å². The third-order valence-electron chi connectivity index (χ3n) is 2.65. The molecule has 0 amide bonds. The van der Waals surface area contributed by atoms with Gasteiger partial charge in [-0.05, 0) is 36.8 Å². The predicted molar refractivity (Wildman–Crippen MR) is 79.9 cm³/mol. The molecule has 108 valence electrons. The Labute approximate surface area is 119 Å². The van der Waals surface area contributed by atoms with Crippen molar-refractivity contribution in [3.05, 3.63) is 29.3 Å². The van der Waals surface area contributed by atoms with Gasteiger partial charge in [-0.25, -0.2) is 13.1 Å². The molecule has 0 saturated carbocycles. The Morgan fingerprint density at radius 3 is 2.68 bits per heavy atom. The summed E-state index contributed by atoms with van der Waals surface area (Å²) >= 11 is 1.70. The Morgan fingerprint density at radius 2 is 2.11 bits per heavy atom. The summed E-state index contributed by atoms with van der Waals surface area (Å²) in [6, 6.07) is 4.85. The maximum absolute atomic E-state index is 12.3. The first-order chi connectivity index (χ1) is 8.90. The van der Waals surface area contributed by atoms with Crippen LogP contribution in [0.15, 0.2) is 23.1 Å². The largest absolute Gasteiger partial charge is 0.392 e. The number of nitrogens with one attached hydrogen (secondary N) is 1. The van der Waals surface area contributed by atoms with Gasteiger partial charge in [-0.2, -0.15) is 11.8 Å². The Balaban J connectivity index is 2.93. The van der Waals surface area contributed by atoms with Gasteiger partial charge < -0.3 is 5.11 Å². The third kappa shape index (κ3) is 4.80. The van der Waals surface area contributed by atoms with E-state index < -0.39 is 10.0 Å². The fourth-order valence-electron chi connectivity index (χ4n) is 1.69. The molecular formula is C13H21NO3S2. The molecule has 0 aliphatic rings. The molecule has 19 heavy (non-hydrogen) atoms. The van der Waals surface area contributed by atoms with Crippen LogP contribution < -0.4 is 4.72 Å². The van der Waals surface area contributed by atoms with Gasteiger partial charge in [0, 0.05) is 11.8 Å². The van der Waals surface area contributed by atoms with Crippen molar-refractivity contribution in [1.82, 2.24) is 4.72 Å². The quantitative estimate of drug-likeness (QED) is 0.807. The molecule has 4 nitrogen and oxygen atoms in total. The van der Waals surface area contributed by atoms with Crippen molar-refractivity contribution < 1.29 is 13.5 Å². The van der Waals surface area contributed by atoms with E-state index in [9.17, 15) is 8.42 Å². The number of aliphatic hydroxyl groups is 1. The molecule has 0 fully saturated rings. The molecule has 0 bridgehead atoms. The van der Waals surface area contributed by atoms with Crippen LogP contribution >= 0.6 is 11.8 Å². The number of benzene rings is 1. The van der Waals surface area contributed by atoms with Crippen LogP contribution in [0.4, 0.5) is 0 Å². The molecule has 0 aliphatic heterocycles. The average Bonchev–Trinajstić information content (AvgIpc) is 2.36. The van der Waals surface area contributed by atoms with Gasteiger partial charge in [-0.15, -0.1) is 0 Å². The third-order valence-corrected chi connectivity index (χ3v) is 5.53. The molecule has 1 aromatic rings. The van der Waals surface area contributed by atoms with Crippen molar-refractivity contribution in [2.24, 2.45) is 0 Å². The van der Waals surface area contributed by atoms with Gasteiger partial charge in [0.2, 0.25) is 10.0 Å². The lowest BCUT2D eigenvalue weighted by molar-refractivity contribution is 0.281. The Morgan fingerprint density at radius 1 is 1.42 bits per heavy atom. The summed E-state index contributed by atoms with van der Waals surface area (Å²) < 4.78 is 27.3. The van der Waals surface area contributed by atoms with E-state index >= 15 is 0 Å². The van der Waals surface area contributed by atoms with E-state index in [-0.39, 0.29) is 17.5 Å². The van der Waals surface area contributed by atoms with Crippen LogP contribution in [0.3, 0.4) is 0 Å². The zero-order valence-electron chi connectivity index (χ0n) is 11.5. The fraction of sp³-hybridized carbons (Fsp3) is 0.538. The highest BCUT2D eigenvalue weighted by Gasteiger charge is 2.19. The first kappa shape index (κ1) is 16.5. The minimum Gasteiger partial charge on any atom is -0.392 e. The summed E-state index contributed by atoms with van der Waals surface area (Å²) in [5.41, 5.74) is 1.28. The number of rotatable bonds is 7. The smallest absolute Gasteiger partial charge is 0.241 e. The van der Waals surface area contributed by atoms with Gasteiger partial charge in [0.05, 0.1) is 11.5 Å². The van der Waals surface area contributed by atoms with Crippen molar-refractivity contribution in [2.45, 2.75) is 38.3 Å². The maximum atomic E-state index is 12.3. The monoisotopic (exact) mass is 303 g/mol. The number of aryl methyl sites for hydroxylation is 1. The minimum atomic E-state index is -3.53. The summed E-state index contributed by atoms with van der Waals surface area (Å²) in [6.07, 6.45) is 0. The predicted octanol–water partition coefficient (Wildman–Crippen LogP) is 1.91. The van der Waals surface area contributed by atoms with E-state index in [1.54, 1.807) is 30.8 Å². The average molecular weight is 303 g/mol. The Bertz CT molecular complexity index is 515. The van der Waals surface area contributed by atoms with Gasteiger partial charge >= 0.3 is 0 Å². The Kier molecular flexibility index (Phi) is 6.32. The molecule has 1 unspecified atom stereocenters. The summed E-state index contributed by atoms with van der Waals surface area (Å²) in [5.74, 6) is 1.71. The van der Waals surface area contributed by atoms with Crippen molar-refractivity contribution in [3.8, 4) is 0 Å². The molecule has 1 aromatic carbocycles. The highest BCUT2D eigenvalue weighted by atomic mass is 32.2. The topological polar surface area (TPSA) is 66.4 Å². The number of sulfonamides is 1. The first-order valence-electron chi connectivity index (χ1n) is 6.21. The number of hydrogen-bond acceptors (Lipinski definition) is 4. The normalized spacial score (nSPS) is 13.5. The minimum absolute atomic E-state index is 0.118. The van der Waals surface area contributed by atoms with Crippen LogP contribution in [0, 0.1) is 6.92 Å². The molecule has 0 radical (unpaired) electrons. The van der Waals surface area contributed by atoms with E-state index in [2.05, 4.69) is 4.72 Å². The first-order valence-corrected chi connectivity index (χ1v) is 8.85. The van der Waals surface area contributed by atoms with E-state index in [4.69, 9.17) is 5.11 Å². The van der Waals surface area contributed by atoms with Crippen LogP contribution in [0.2, 0.25) is 0 Å². The second-order valence-electron chi connectivity index (χ2n) is 4.44. The lowest BCUT2D eigenvalue weighted by Gasteiger charge is -2.15. The lowest BCUT2D eigenvalue weighted by atomic mass is 10.2. The zero-order valence-corrected chi connectivity index (χ0v) is 13.1. The summed E-state index contributed by atoms with van der Waals surface area (Å²) in [7, 11) is -3.53. The number of hydrogen-bond donors (Lipinski definition) is 2. The van der Waals surface area contributed by atoms with Gasteiger partial charge in [0.25, 0.3) is 0 Å². The van der Waals surface area contributed by atoms with E-state index in [1.165, 1.54) is 6.07 Å². The van der Waals surface area contributed by atoms with Crippen molar-refractivity contribution in [1.29, 1.82) is 0 Å². The molecule has 0 heterocycles. The standard InChI is InChI=1S/C13H21NO3S2/c1-4-18-9-11(3)14-19(16,17)13-7-12(8-15)6-5-10(13)2/h5-7,11,14-15H,4,8-9H2,1-3H3. The molecular weight excluding hydrogens is 282 g/mol. The van der Waals surface area contributed by atoms with Gasteiger partial charge in [0.1, 0.15) is 0 Å². The van der Waals surface area contributed by atoms with Crippen LogP contribution in [-0.4, -0.2) is 31.1 Å².